The van der Waals surface area contributed by atoms with Gasteiger partial charge in [0, 0.05) is 63.5 Å². The van der Waals surface area contributed by atoms with Crippen LogP contribution in [0.5, 0.6) is 0 Å². The van der Waals surface area contributed by atoms with Crippen molar-refractivity contribution < 1.29 is 38.5 Å². The Balaban J connectivity index is 0.000000301. The molecule has 0 aliphatic heterocycles. The monoisotopic (exact) mass is 833 g/mol. The summed E-state index contributed by atoms with van der Waals surface area (Å²) < 4.78 is 29.1. The molecule has 0 spiro atoms. The molecule has 47 heavy (non-hydrogen) atoms. The van der Waals surface area contributed by atoms with E-state index >= 15 is 0 Å². The molecule has 1 aliphatic carbocycles. The molecule has 0 amide bonds. The van der Waals surface area contributed by atoms with E-state index < -0.39 is 6.85 Å². The Morgan fingerprint density at radius 1 is 0.957 bits per heavy atom. The van der Waals surface area contributed by atoms with Crippen molar-refractivity contribution in [1.82, 2.24) is 9.97 Å². The zero-order chi connectivity index (χ0) is 35.9. The molecule has 4 heterocycles. The maximum atomic E-state index is 11.7. The topological polar surface area (TPSA) is 76.2 Å². The second-order valence-corrected chi connectivity index (χ2v) is 14.9. The fourth-order valence-corrected chi connectivity index (χ4v) is 8.21. The second-order valence-electron chi connectivity index (χ2n) is 13.9. The number of ketones is 1. The van der Waals surface area contributed by atoms with Crippen LogP contribution >= 0.6 is 11.3 Å². The first-order valence-corrected chi connectivity index (χ1v) is 17.5. The van der Waals surface area contributed by atoms with E-state index in [1.54, 1.807) is 23.5 Å². The van der Waals surface area contributed by atoms with Crippen molar-refractivity contribution in [2.75, 3.05) is 0 Å². The van der Waals surface area contributed by atoms with Gasteiger partial charge in [0.15, 0.2) is 5.78 Å². The molecule has 0 saturated carbocycles. The van der Waals surface area contributed by atoms with Crippen molar-refractivity contribution in [2.45, 2.75) is 112 Å². The van der Waals surface area contributed by atoms with Crippen molar-refractivity contribution in [2.24, 2.45) is 11.8 Å². The van der Waals surface area contributed by atoms with E-state index in [0.29, 0.717) is 11.3 Å². The Bertz CT molecular complexity index is 2020. The largest absolute Gasteiger partial charge is 0.512 e. The van der Waals surface area contributed by atoms with Crippen LogP contribution in [0.3, 0.4) is 0 Å². The Morgan fingerprint density at radius 3 is 2.28 bits per heavy atom. The van der Waals surface area contributed by atoms with E-state index in [-0.39, 0.29) is 60.0 Å². The molecule has 5 aromatic rings. The van der Waals surface area contributed by atoms with Gasteiger partial charge in [0.2, 0.25) is 5.71 Å². The van der Waals surface area contributed by atoms with Crippen LogP contribution in [0.1, 0.15) is 114 Å². The van der Waals surface area contributed by atoms with Gasteiger partial charge in [-0.3, -0.25) is 9.78 Å². The third-order valence-corrected chi connectivity index (χ3v) is 11.3. The van der Waals surface area contributed by atoms with Crippen molar-refractivity contribution in [3.63, 3.8) is 0 Å². The van der Waals surface area contributed by atoms with E-state index in [1.165, 1.54) is 28.3 Å². The first-order valence-electron chi connectivity index (χ1n) is 18.2. The summed E-state index contributed by atoms with van der Waals surface area (Å²) in [5.74, 6) is 0.547. The minimum Gasteiger partial charge on any atom is -0.512 e. The molecule has 5 nitrogen and oxygen atoms in total. The molecular formula is C40H49IrN2O3S-. The first kappa shape index (κ1) is 32.7. The predicted molar refractivity (Wildman–Crippen MR) is 193 cm³/mol. The number of aliphatic hydroxyl groups is 1. The van der Waals surface area contributed by atoms with Gasteiger partial charge in [-0.1, -0.05) is 78.5 Å². The Kier molecular flexibility index (Phi) is 10.2. The number of hydrogen-bond acceptors (Lipinski definition) is 6. The molecule has 0 atom stereocenters. The Labute approximate surface area is 301 Å². The summed E-state index contributed by atoms with van der Waals surface area (Å²) in [5, 5.41) is 12.7. The quantitative estimate of drug-likeness (QED) is 0.0957. The summed E-state index contributed by atoms with van der Waals surface area (Å²) in [6.07, 6.45) is 7.24. The Morgan fingerprint density at radius 2 is 1.62 bits per heavy atom. The molecule has 1 N–H and O–H groups in total. The van der Waals surface area contributed by atoms with Crippen LogP contribution in [0, 0.1) is 24.8 Å². The minimum atomic E-state index is -2.28. The van der Waals surface area contributed by atoms with Gasteiger partial charge < -0.3 is 9.52 Å². The Hall–Kier alpha value is -2.86. The number of rotatable bonds is 8. The van der Waals surface area contributed by atoms with Crippen molar-refractivity contribution in [1.29, 1.82) is 0 Å². The number of pyridine rings is 2. The number of allylic oxidation sites excluding steroid dienone is 2. The van der Waals surface area contributed by atoms with Crippen LogP contribution < -0.4 is 0 Å². The van der Waals surface area contributed by atoms with Crippen molar-refractivity contribution in [3.05, 3.63) is 70.4 Å². The zero-order valence-electron chi connectivity index (χ0n) is 31.8. The first-order chi connectivity index (χ1) is 23.1. The third kappa shape index (κ3) is 7.28. The average Bonchev–Trinajstić information content (AvgIpc) is 3.64. The van der Waals surface area contributed by atoms with Crippen molar-refractivity contribution >= 4 is 49.4 Å². The van der Waals surface area contributed by atoms with E-state index in [4.69, 9.17) is 13.5 Å². The van der Waals surface area contributed by atoms with Gasteiger partial charge in [-0.2, -0.15) is 0 Å². The molecule has 1 aliphatic rings. The summed E-state index contributed by atoms with van der Waals surface area (Å²) in [6, 6.07) is 14.6. The van der Waals surface area contributed by atoms with Gasteiger partial charge in [-0.05, 0) is 79.6 Å². The fourth-order valence-electron chi connectivity index (χ4n) is 6.72. The standard InChI is InChI=1S/C27H25N2OS.C13H24O2.Ir/c1-15-9-10-17-16-7-6-8-18(22(16)30-24(17)28-15)20-12-11-19-21-23(31-25(19)29-20)27(4,5)14-13-26(21,2)3;1-5-10(6-2)12(14)9-13(15)11(7-3)8-4;/h6-7,9-12H,13-14H2,1-5H3;9-11,14H,5-8H2,1-4H3;/q-1;;/b;12-9-;/i1D3;;. The molecule has 0 saturated heterocycles. The van der Waals surface area contributed by atoms with Crippen LogP contribution in [0.2, 0.25) is 0 Å². The summed E-state index contributed by atoms with van der Waals surface area (Å²) in [7, 11) is 0. The number of aliphatic hydroxyl groups excluding tert-OH is 1. The average molecular weight is 833 g/mol. The van der Waals surface area contributed by atoms with Crippen molar-refractivity contribution in [3.8, 4) is 11.3 Å². The van der Waals surface area contributed by atoms with Gasteiger partial charge in [-0.25, -0.2) is 4.98 Å². The molecule has 7 heteroatoms. The number of thiophene rings is 1. The number of nitrogens with zero attached hydrogens (tertiary/aromatic N) is 2. The van der Waals surface area contributed by atoms with E-state index in [2.05, 4.69) is 44.8 Å². The van der Waals surface area contributed by atoms with E-state index in [9.17, 15) is 9.90 Å². The number of hydrogen-bond donors (Lipinski definition) is 1. The molecule has 253 valence electrons. The smallest absolute Gasteiger partial charge is 0.216 e. The number of benzene rings is 1. The molecule has 0 bridgehead atoms. The van der Waals surface area contributed by atoms with Gasteiger partial charge in [0.05, 0.1) is 11.3 Å². The summed E-state index contributed by atoms with van der Waals surface area (Å²) >= 11 is 1.80. The molecular weight excluding hydrogens is 781 g/mol. The molecule has 6 rings (SSSR count). The van der Waals surface area contributed by atoms with Crippen LogP contribution in [0.25, 0.3) is 43.5 Å². The van der Waals surface area contributed by atoms with Gasteiger partial charge in [0.25, 0.3) is 0 Å². The van der Waals surface area contributed by atoms with Crippen LogP contribution in [0.15, 0.2) is 52.7 Å². The molecule has 0 unspecified atom stereocenters. The van der Waals surface area contributed by atoms with Crippen LogP contribution in [0.4, 0.5) is 0 Å². The van der Waals surface area contributed by atoms with Gasteiger partial charge in [-0.15, -0.1) is 29.5 Å². The maximum Gasteiger partial charge on any atom is 0.216 e. The zero-order valence-corrected chi connectivity index (χ0v) is 32.1. The maximum absolute atomic E-state index is 11.7. The number of carbonyl (C=O) groups excluding carboxylic acids is 1. The van der Waals surface area contributed by atoms with Gasteiger partial charge >= 0.3 is 0 Å². The second kappa shape index (κ2) is 14.7. The number of aromatic nitrogens is 2. The molecule has 1 radical (unpaired) electrons. The minimum absolute atomic E-state index is 0. The summed E-state index contributed by atoms with van der Waals surface area (Å²) in [6.45, 7) is 15.1. The van der Waals surface area contributed by atoms with Crippen LogP contribution in [-0.2, 0) is 35.7 Å². The van der Waals surface area contributed by atoms with E-state index in [1.807, 2.05) is 45.9 Å². The number of aryl methyl sites for hydroxylation is 1. The fraction of sp³-hybridized carbons (Fsp3) is 0.475. The van der Waals surface area contributed by atoms with Gasteiger partial charge in [0.1, 0.15) is 4.83 Å². The number of furan rings is 1. The SMILES string of the molecule is CCC(CC)C(=O)/C=C(\O)C(CC)CC.[2H]C([2H])([2H])c1ccc2c(n1)oc1c(-c3ccc4c5c(sc4n3)C(C)(C)CCC5(C)C)[c-]ccc12.[Ir]. The summed E-state index contributed by atoms with van der Waals surface area (Å²) in [4.78, 5) is 23.6. The predicted octanol–water partition coefficient (Wildman–Crippen LogP) is 11.6. The number of carbonyl (C=O) groups is 1. The van der Waals surface area contributed by atoms with Crippen LogP contribution in [-0.4, -0.2) is 20.9 Å². The third-order valence-electron chi connectivity index (χ3n) is 9.86. The normalized spacial score (nSPS) is 16.7. The summed E-state index contributed by atoms with van der Waals surface area (Å²) in [5.41, 5.74) is 4.24. The number of fused-ring (bicyclic) bond motifs is 6. The molecule has 4 aromatic heterocycles. The molecule has 1 aromatic carbocycles. The molecule has 0 fully saturated rings. The van der Waals surface area contributed by atoms with E-state index in [0.717, 1.165) is 59.0 Å².